The summed E-state index contributed by atoms with van der Waals surface area (Å²) in [5.74, 6) is 0.242. The minimum absolute atomic E-state index is 0.0771. The summed E-state index contributed by atoms with van der Waals surface area (Å²) in [5, 5.41) is 10.0. The highest BCUT2D eigenvalue weighted by molar-refractivity contribution is 5.70. The fourth-order valence-corrected chi connectivity index (χ4v) is 4.14. The summed E-state index contributed by atoms with van der Waals surface area (Å²) in [6.07, 6.45) is 19.1. The molecule has 4 nitrogen and oxygen atoms in total. The monoisotopic (exact) mass is 418 g/mol. The number of epoxide rings is 1. The van der Waals surface area contributed by atoms with Gasteiger partial charge in [-0.2, -0.15) is 0 Å². The Kier molecular flexibility index (Phi) is 10.9. The quantitative estimate of drug-likeness (QED) is 0.231. The second kappa shape index (κ2) is 13.1. The predicted octanol–water partition coefficient (Wildman–Crippen LogP) is 5.90. The van der Waals surface area contributed by atoms with Crippen molar-refractivity contribution < 1.29 is 19.4 Å². The first kappa shape index (κ1) is 24.9. The SMILES string of the molecule is CCCCC1OC1CC(C)/C=C/C=C(\C)[C@H]1OC(=O)CC(O)CCCC/C=C/C1C. The van der Waals surface area contributed by atoms with Gasteiger partial charge in [-0.15, -0.1) is 0 Å². The van der Waals surface area contributed by atoms with Gasteiger partial charge in [0.1, 0.15) is 6.10 Å². The van der Waals surface area contributed by atoms with E-state index in [1.54, 1.807) is 0 Å². The Bertz CT molecular complexity index is 606. The van der Waals surface area contributed by atoms with Crippen molar-refractivity contribution >= 4 is 5.97 Å². The molecule has 0 aromatic heterocycles. The Balaban J connectivity index is 1.92. The van der Waals surface area contributed by atoms with Crippen LogP contribution in [0, 0.1) is 11.8 Å². The smallest absolute Gasteiger partial charge is 0.309 e. The zero-order valence-electron chi connectivity index (χ0n) is 19.4. The van der Waals surface area contributed by atoms with E-state index in [0.717, 1.165) is 31.3 Å². The van der Waals surface area contributed by atoms with Crippen LogP contribution in [0.1, 0.15) is 85.5 Å². The van der Waals surface area contributed by atoms with Gasteiger partial charge in [0.15, 0.2) is 0 Å². The number of ether oxygens (including phenoxy) is 2. The minimum Gasteiger partial charge on any atom is -0.457 e. The van der Waals surface area contributed by atoms with E-state index in [2.05, 4.69) is 51.2 Å². The Morgan fingerprint density at radius 2 is 2.13 bits per heavy atom. The molecule has 0 aromatic rings. The molecule has 2 heterocycles. The lowest BCUT2D eigenvalue weighted by atomic mass is 9.95. The fraction of sp³-hybridized carbons (Fsp3) is 0.731. The standard InChI is InChI=1S/C26H42O4/c1-5-6-16-23-24(29-23)17-19(2)12-11-14-21(4)26-20(3)13-9-7-8-10-15-22(27)18-25(28)30-26/h9,11-14,19-20,22-24,26-27H,5-8,10,15-18H2,1-4H3/b12-11+,13-9+,21-14+/t19?,20?,22?,23?,24?,26-/m0/s1. The van der Waals surface area contributed by atoms with Crippen LogP contribution in [0.2, 0.25) is 0 Å². The van der Waals surface area contributed by atoms with Crippen LogP contribution in [-0.4, -0.2) is 35.5 Å². The van der Waals surface area contributed by atoms with E-state index >= 15 is 0 Å². The van der Waals surface area contributed by atoms with Gasteiger partial charge in [-0.05, 0) is 50.5 Å². The van der Waals surface area contributed by atoms with Crippen molar-refractivity contribution in [2.75, 3.05) is 0 Å². The molecule has 0 saturated carbocycles. The topological polar surface area (TPSA) is 59.1 Å². The molecule has 2 rings (SSSR count). The third-order valence-electron chi connectivity index (χ3n) is 6.12. The number of esters is 1. The van der Waals surface area contributed by atoms with E-state index in [-0.39, 0.29) is 24.4 Å². The van der Waals surface area contributed by atoms with Crippen molar-refractivity contribution in [1.82, 2.24) is 0 Å². The molecule has 0 radical (unpaired) electrons. The molecule has 170 valence electrons. The van der Waals surface area contributed by atoms with Crippen LogP contribution < -0.4 is 0 Å². The maximum atomic E-state index is 12.3. The maximum Gasteiger partial charge on any atom is 0.309 e. The molecule has 0 aromatic carbocycles. The Hall–Kier alpha value is -1.39. The number of hydrogen-bond donors (Lipinski definition) is 1. The van der Waals surface area contributed by atoms with Crippen molar-refractivity contribution in [2.45, 2.75) is 110 Å². The lowest BCUT2D eigenvalue weighted by Crippen LogP contribution is -2.27. The highest BCUT2D eigenvalue weighted by atomic mass is 16.6. The first-order valence-electron chi connectivity index (χ1n) is 11.9. The number of cyclic esters (lactones) is 1. The summed E-state index contributed by atoms with van der Waals surface area (Å²) in [4.78, 5) is 12.3. The molecule has 0 amide bonds. The number of unbranched alkanes of at least 4 members (excludes halogenated alkanes) is 1. The van der Waals surface area contributed by atoms with Crippen LogP contribution in [0.25, 0.3) is 0 Å². The molecule has 4 heteroatoms. The number of aliphatic hydroxyl groups is 1. The summed E-state index contributed by atoms with van der Waals surface area (Å²) in [5.41, 5.74) is 1.03. The molecule has 0 spiro atoms. The summed E-state index contributed by atoms with van der Waals surface area (Å²) in [7, 11) is 0. The molecule has 0 bridgehead atoms. The van der Waals surface area contributed by atoms with Crippen LogP contribution in [0.5, 0.6) is 0 Å². The molecule has 2 aliphatic heterocycles. The number of carbonyl (C=O) groups excluding carboxylic acids is 1. The molecular weight excluding hydrogens is 376 g/mol. The van der Waals surface area contributed by atoms with Crippen molar-refractivity contribution in [1.29, 1.82) is 0 Å². The molecule has 1 saturated heterocycles. The summed E-state index contributed by atoms with van der Waals surface area (Å²) >= 11 is 0. The molecular formula is C26H42O4. The summed E-state index contributed by atoms with van der Waals surface area (Å²) in [6, 6.07) is 0. The highest BCUT2D eigenvalue weighted by Gasteiger charge is 2.38. The molecule has 1 N–H and O–H groups in total. The second-order valence-corrected chi connectivity index (χ2v) is 9.20. The largest absolute Gasteiger partial charge is 0.457 e. The fourth-order valence-electron chi connectivity index (χ4n) is 4.14. The summed E-state index contributed by atoms with van der Waals surface area (Å²) < 4.78 is 11.6. The van der Waals surface area contributed by atoms with Gasteiger partial charge in [0.05, 0.1) is 24.7 Å². The van der Waals surface area contributed by atoms with Gasteiger partial charge in [-0.25, -0.2) is 0 Å². The minimum atomic E-state index is -0.604. The number of aliphatic hydroxyl groups excluding tert-OH is 1. The average Bonchev–Trinajstić information content (AvgIpc) is 3.43. The van der Waals surface area contributed by atoms with Gasteiger partial charge in [0, 0.05) is 5.92 Å². The third kappa shape index (κ3) is 9.18. The van der Waals surface area contributed by atoms with Crippen LogP contribution >= 0.6 is 0 Å². The Morgan fingerprint density at radius 3 is 2.90 bits per heavy atom. The van der Waals surface area contributed by atoms with Crippen LogP contribution in [-0.2, 0) is 14.3 Å². The van der Waals surface area contributed by atoms with Gasteiger partial charge in [-0.3, -0.25) is 4.79 Å². The van der Waals surface area contributed by atoms with E-state index < -0.39 is 6.10 Å². The van der Waals surface area contributed by atoms with Gasteiger partial charge >= 0.3 is 5.97 Å². The zero-order valence-corrected chi connectivity index (χ0v) is 19.4. The lowest BCUT2D eigenvalue weighted by molar-refractivity contribution is -0.151. The molecule has 30 heavy (non-hydrogen) atoms. The molecule has 5 unspecified atom stereocenters. The summed E-state index contributed by atoms with van der Waals surface area (Å²) in [6.45, 7) is 8.54. The Morgan fingerprint density at radius 1 is 1.33 bits per heavy atom. The van der Waals surface area contributed by atoms with Crippen molar-refractivity contribution in [2.24, 2.45) is 11.8 Å². The van der Waals surface area contributed by atoms with Crippen molar-refractivity contribution in [3.8, 4) is 0 Å². The van der Waals surface area contributed by atoms with E-state index in [0.29, 0.717) is 24.5 Å². The normalized spacial score (nSPS) is 33.4. The third-order valence-corrected chi connectivity index (χ3v) is 6.12. The van der Waals surface area contributed by atoms with E-state index in [1.165, 1.54) is 19.3 Å². The van der Waals surface area contributed by atoms with Gasteiger partial charge < -0.3 is 14.6 Å². The first-order chi connectivity index (χ1) is 14.4. The zero-order chi connectivity index (χ0) is 21.9. The predicted molar refractivity (Wildman–Crippen MR) is 122 cm³/mol. The molecule has 2 aliphatic rings. The van der Waals surface area contributed by atoms with Crippen molar-refractivity contribution in [3.05, 3.63) is 36.0 Å². The van der Waals surface area contributed by atoms with Crippen LogP contribution in [0.4, 0.5) is 0 Å². The van der Waals surface area contributed by atoms with E-state index in [1.807, 2.05) is 6.92 Å². The van der Waals surface area contributed by atoms with Gasteiger partial charge in [0.25, 0.3) is 0 Å². The number of rotatable bonds is 8. The number of carbonyl (C=O) groups is 1. The molecule has 6 atom stereocenters. The number of hydrogen-bond acceptors (Lipinski definition) is 4. The van der Waals surface area contributed by atoms with Gasteiger partial charge in [0.2, 0.25) is 0 Å². The maximum absolute atomic E-state index is 12.3. The number of allylic oxidation sites excluding steroid dienone is 4. The van der Waals surface area contributed by atoms with Crippen LogP contribution in [0.3, 0.4) is 0 Å². The molecule has 0 aliphatic carbocycles. The lowest BCUT2D eigenvalue weighted by Gasteiger charge is -2.24. The van der Waals surface area contributed by atoms with Gasteiger partial charge in [-0.1, -0.05) is 70.4 Å². The van der Waals surface area contributed by atoms with Crippen LogP contribution in [0.15, 0.2) is 36.0 Å². The Labute approximate surface area is 183 Å². The highest BCUT2D eigenvalue weighted by Crippen LogP contribution is 2.32. The first-order valence-corrected chi connectivity index (χ1v) is 11.9. The average molecular weight is 419 g/mol. The van der Waals surface area contributed by atoms with E-state index in [4.69, 9.17) is 9.47 Å². The second-order valence-electron chi connectivity index (χ2n) is 9.20. The van der Waals surface area contributed by atoms with E-state index in [9.17, 15) is 9.90 Å². The van der Waals surface area contributed by atoms with Crippen molar-refractivity contribution in [3.63, 3.8) is 0 Å². The molecule has 1 fully saturated rings.